The zero-order chi connectivity index (χ0) is 17.9. The molecule has 0 fully saturated rings. The molecule has 0 aliphatic carbocycles. The molecule has 0 saturated heterocycles. The van der Waals surface area contributed by atoms with Gasteiger partial charge in [0.1, 0.15) is 6.04 Å². The third-order valence-electron chi connectivity index (χ3n) is 3.78. The maximum atomic E-state index is 12.3. The van der Waals surface area contributed by atoms with Gasteiger partial charge in [-0.15, -0.1) is 0 Å². The van der Waals surface area contributed by atoms with E-state index >= 15 is 0 Å². The molecular formula is C17H20N2O4S. The second kappa shape index (κ2) is 7.02. The van der Waals surface area contributed by atoms with Gasteiger partial charge in [-0.1, -0.05) is 31.2 Å². The van der Waals surface area contributed by atoms with Crippen molar-refractivity contribution in [3.63, 3.8) is 0 Å². The molecule has 2 aromatic carbocycles. The number of carboxylic acids is 1. The van der Waals surface area contributed by atoms with Crippen LogP contribution in [0.15, 0.2) is 47.4 Å². The molecule has 0 spiro atoms. The number of hydrogen-bond acceptors (Lipinski definition) is 4. The Hall–Kier alpha value is -2.38. The number of anilines is 1. The van der Waals surface area contributed by atoms with Crippen LogP contribution in [0.5, 0.6) is 0 Å². The highest BCUT2D eigenvalue weighted by molar-refractivity contribution is 7.89. The Labute approximate surface area is 141 Å². The summed E-state index contributed by atoms with van der Waals surface area (Å²) in [6.07, 6.45) is 0.162. The normalized spacial score (nSPS) is 12.8. The van der Waals surface area contributed by atoms with Crippen molar-refractivity contribution < 1.29 is 18.3 Å². The van der Waals surface area contributed by atoms with Crippen molar-refractivity contribution in [1.29, 1.82) is 0 Å². The summed E-state index contributed by atoms with van der Waals surface area (Å²) in [4.78, 5) is 11.0. The number of benzene rings is 2. The van der Waals surface area contributed by atoms with E-state index in [1.54, 1.807) is 19.1 Å². The molecule has 0 radical (unpaired) electrons. The van der Waals surface area contributed by atoms with Crippen LogP contribution in [0.3, 0.4) is 0 Å². The summed E-state index contributed by atoms with van der Waals surface area (Å²) < 4.78 is 26.7. The minimum absolute atomic E-state index is 0.0195. The summed E-state index contributed by atoms with van der Waals surface area (Å²) >= 11 is 0. The predicted octanol–water partition coefficient (Wildman–Crippen LogP) is 2.39. The average Bonchev–Trinajstić information content (AvgIpc) is 2.55. The molecule has 2 rings (SSSR count). The van der Waals surface area contributed by atoms with E-state index in [9.17, 15) is 13.2 Å². The number of hydrogen-bond donors (Lipinski definition) is 3. The number of carbonyl (C=O) groups is 1. The minimum atomic E-state index is -3.89. The first-order valence-electron chi connectivity index (χ1n) is 7.46. The summed E-state index contributed by atoms with van der Waals surface area (Å²) in [6.45, 7) is 3.51. The lowest BCUT2D eigenvalue weighted by atomic mass is 10.0. The molecule has 0 aliphatic rings. The molecule has 0 heterocycles. The Morgan fingerprint density at radius 3 is 2.25 bits per heavy atom. The van der Waals surface area contributed by atoms with Crippen molar-refractivity contribution in [3.05, 3.63) is 48.0 Å². The Kier molecular flexibility index (Phi) is 5.26. The maximum Gasteiger partial charge on any atom is 0.321 e. The number of rotatable bonds is 6. The van der Waals surface area contributed by atoms with Crippen LogP contribution in [-0.2, 0) is 14.8 Å². The topological polar surface area (TPSA) is 109 Å². The molecule has 6 nitrogen and oxygen atoms in total. The van der Waals surface area contributed by atoms with Gasteiger partial charge in [0.25, 0.3) is 0 Å². The van der Waals surface area contributed by atoms with Crippen LogP contribution in [0.2, 0.25) is 0 Å². The van der Waals surface area contributed by atoms with Gasteiger partial charge < -0.3 is 10.8 Å². The van der Waals surface area contributed by atoms with Crippen molar-refractivity contribution in [1.82, 2.24) is 4.72 Å². The number of aliphatic carboxylic acids is 1. The second-order valence-electron chi connectivity index (χ2n) is 5.52. The quantitative estimate of drug-likeness (QED) is 0.694. The third-order valence-corrected chi connectivity index (χ3v) is 5.27. The molecule has 128 valence electrons. The van der Waals surface area contributed by atoms with E-state index in [4.69, 9.17) is 10.8 Å². The van der Waals surface area contributed by atoms with E-state index in [0.717, 1.165) is 16.7 Å². The minimum Gasteiger partial charge on any atom is -0.480 e. The molecular weight excluding hydrogens is 328 g/mol. The second-order valence-corrected chi connectivity index (χ2v) is 7.23. The van der Waals surface area contributed by atoms with Crippen LogP contribution in [0, 0.1) is 6.92 Å². The maximum absolute atomic E-state index is 12.3. The molecule has 1 unspecified atom stereocenters. The van der Waals surface area contributed by atoms with Crippen LogP contribution in [0.1, 0.15) is 18.9 Å². The fourth-order valence-electron chi connectivity index (χ4n) is 2.21. The summed E-state index contributed by atoms with van der Waals surface area (Å²) in [5.41, 5.74) is 9.24. The van der Waals surface area contributed by atoms with Gasteiger partial charge in [-0.25, -0.2) is 8.42 Å². The van der Waals surface area contributed by atoms with E-state index in [-0.39, 0.29) is 11.3 Å². The first kappa shape index (κ1) is 18.0. The molecule has 0 amide bonds. The highest BCUT2D eigenvalue weighted by Crippen LogP contribution is 2.25. The number of nitrogens with two attached hydrogens (primary N) is 1. The SMILES string of the molecule is CCC(NS(=O)(=O)c1ccc(-c2ccc(C)c(N)c2)cc1)C(=O)O. The number of aryl methyl sites for hydroxylation is 1. The lowest BCUT2D eigenvalue weighted by Gasteiger charge is -2.13. The molecule has 0 bridgehead atoms. The van der Waals surface area contributed by atoms with Crippen molar-refractivity contribution in [2.45, 2.75) is 31.2 Å². The molecule has 0 saturated carbocycles. The number of nitrogens with one attached hydrogen (secondary N) is 1. The molecule has 4 N–H and O–H groups in total. The van der Waals surface area contributed by atoms with Gasteiger partial charge in [-0.05, 0) is 48.2 Å². The van der Waals surface area contributed by atoms with Gasteiger partial charge in [0.15, 0.2) is 0 Å². The predicted molar refractivity (Wildman–Crippen MR) is 93.1 cm³/mol. The number of sulfonamides is 1. The Morgan fingerprint density at radius 1 is 1.17 bits per heavy atom. The smallest absolute Gasteiger partial charge is 0.321 e. The molecule has 2 aromatic rings. The van der Waals surface area contributed by atoms with Gasteiger partial charge in [-0.2, -0.15) is 4.72 Å². The van der Waals surface area contributed by atoms with Crippen LogP contribution >= 0.6 is 0 Å². The van der Waals surface area contributed by atoms with Crippen LogP contribution in [0.25, 0.3) is 11.1 Å². The third kappa shape index (κ3) is 3.93. The molecule has 0 aromatic heterocycles. The van der Waals surface area contributed by atoms with E-state index in [0.29, 0.717) is 5.69 Å². The molecule has 7 heteroatoms. The van der Waals surface area contributed by atoms with Gasteiger partial charge in [-0.3, -0.25) is 4.79 Å². The van der Waals surface area contributed by atoms with E-state index in [1.807, 2.05) is 25.1 Å². The van der Waals surface area contributed by atoms with Gasteiger partial charge in [0.2, 0.25) is 10.0 Å². The average molecular weight is 348 g/mol. The molecule has 0 aliphatic heterocycles. The summed E-state index contributed by atoms with van der Waals surface area (Å²) in [5.74, 6) is -1.20. The van der Waals surface area contributed by atoms with Gasteiger partial charge >= 0.3 is 5.97 Å². The van der Waals surface area contributed by atoms with Crippen LogP contribution in [-0.4, -0.2) is 25.5 Å². The molecule has 24 heavy (non-hydrogen) atoms. The lowest BCUT2D eigenvalue weighted by Crippen LogP contribution is -2.40. The number of carboxylic acid groups (broad SMARTS) is 1. The fraction of sp³-hybridized carbons (Fsp3) is 0.235. The molecule has 1 atom stereocenters. The van der Waals surface area contributed by atoms with Crippen molar-refractivity contribution in [2.24, 2.45) is 0 Å². The summed E-state index contributed by atoms with van der Waals surface area (Å²) in [5, 5.41) is 8.99. The van der Waals surface area contributed by atoms with E-state index in [1.165, 1.54) is 12.1 Å². The first-order chi connectivity index (χ1) is 11.2. The van der Waals surface area contributed by atoms with Crippen molar-refractivity contribution >= 4 is 21.7 Å². The summed E-state index contributed by atoms with van der Waals surface area (Å²) in [7, 11) is -3.89. The van der Waals surface area contributed by atoms with Gasteiger partial charge in [0.05, 0.1) is 4.90 Å². The Morgan fingerprint density at radius 2 is 1.75 bits per heavy atom. The van der Waals surface area contributed by atoms with E-state index < -0.39 is 22.0 Å². The van der Waals surface area contributed by atoms with Crippen LogP contribution in [0.4, 0.5) is 5.69 Å². The fourth-order valence-corrected chi connectivity index (χ4v) is 3.48. The van der Waals surface area contributed by atoms with Gasteiger partial charge in [0, 0.05) is 5.69 Å². The highest BCUT2D eigenvalue weighted by atomic mass is 32.2. The van der Waals surface area contributed by atoms with Crippen LogP contribution < -0.4 is 10.5 Å². The number of nitrogen functional groups attached to an aromatic ring is 1. The largest absolute Gasteiger partial charge is 0.480 e. The Balaban J connectivity index is 2.28. The highest BCUT2D eigenvalue weighted by Gasteiger charge is 2.23. The van der Waals surface area contributed by atoms with Crippen molar-refractivity contribution in [3.8, 4) is 11.1 Å². The summed E-state index contributed by atoms with van der Waals surface area (Å²) in [6, 6.07) is 10.7. The Bertz CT molecular complexity index is 845. The standard InChI is InChI=1S/C17H20N2O4S/c1-3-16(17(20)21)19-24(22,23)14-8-6-12(7-9-14)13-5-4-11(2)15(18)10-13/h4-10,16,19H,3,18H2,1-2H3,(H,20,21). The zero-order valence-electron chi connectivity index (χ0n) is 13.5. The monoisotopic (exact) mass is 348 g/mol. The first-order valence-corrected chi connectivity index (χ1v) is 8.94. The van der Waals surface area contributed by atoms with Crippen molar-refractivity contribution in [2.75, 3.05) is 5.73 Å². The van der Waals surface area contributed by atoms with E-state index in [2.05, 4.69) is 4.72 Å². The lowest BCUT2D eigenvalue weighted by molar-refractivity contribution is -0.139. The zero-order valence-corrected chi connectivity index (χ0v) is 14.3.